The minimum Gasteiger partial charge on any atom is -0.380 e. The highest BCUT2D eigenvalue weighted by atomic mass is 32.2. The number of aromatic nitrogens is 2. The van der Waals surface area contributed by atoms with E-state index >= 15 is 0 Å². The van der Waals surface area contributed by atoms with Gasteiger partial charge in [-0.1, -0.05) is 49.2 Å². The Kier molecular flexibility index (Phi) is 7.26. The molecule has 38 heavy (non-hydrogen) atoms. The fraction of sp³-hybridized carbons (Fsp3) is 0.276. The van der Waals surface area contributed by atoms with Crippen LogP contribution in [0.5, 0.6) is 0 Å². The predicted molar refractivity (Wildman–Crippen MR) is 148 cm³/mol. The van der Waals surface area contributed by atoms with Gasteiger partial charge in [-0.25, -0.2) is 25.8 Å². The largest absolute Gasteiger partial charge is 0.380 e. The van der Waals surface area contributed by atoms with Gasteiger partial charge in [0.2, 0.25) is 0 Å². The first-order valence-corrected chi connectivity index (χ1v) is 15.8. The van der Waals surface area contributed by atoms with Gasteiger partial charge >= 0.3 is 0 Å². The summed E-state index contributed by atoms with van der Waals surface area (Å²) in [4.78, 5) is 4.94. The van der Waals surface area contributed by atoms with Crippen LogP contribution >= 0.6 is 0 Å². The van der Waals surface area contributed by atoms with Gasteiger partial charge in [-0.2, -0.15) is 0 Å². The van der Waals surface area contributed by atoms with E-state index in [4.69, 9.17) is 4.74 Å². The number of benzene rings is 2. The highest BCUT2D eigenvalue weighted by Crippen LogP contribution is 2.36. The lowest BCUT2D eigenvalue weighted by Crippen LogP contribution is -2.16. The molecule has 0 N–H and O–H groups in total. The third kappa shape index (κ3) is 5.18. The molecular weight excluding hydrogens is 520 g/mol. The number of nitrogens with zero attached hydrogens (tertiary/aromatic N) is 2. The second-order valence-electron chi connectivity index (χ2n) is 9.72. The summed E-state index contributed by atoms with van der Waals surface area (Å²) >= 11 is 0. The Morgan fingerprint density at radius 1 is 0.974 bits per heavy atom. The van der Waals surface area contributed by atoms with E-state index in [1.807, 2.05) is 12.1 Å². The molecule has 2 heterocycles. The number of rotatable bonds is 8. The number of pyridine rings is 1. The van der Waals surface area contributed by atoms with Crippen molar-refractivity contribution in [3.8, 4) is 0 Å². The summed E-state index contributed by atoms with van der Waals surface area (Å²) in [5, 5.41) is 0.680. The van der Waals surface area contributed by atoms with E-state index in [1.54, 1.807) is 67.9 Å². The molecule has 0 spiro atoms. The van der Waals surface area contributed by atoms with Crippen molar-refractivity contribution in [2.45, 2.75) is 42.1 Å². The van der Waals surface area contributed by atoms with Crippen molar-refractivity contribution in [1.82, 2.24) is 8.96 Å². The lowest BCUT2D eigenvalue weighted by Gasteiger charge is -2.16. The van der Waals surface area contributed by atoms with Crippen LogP contribution in [0.1, 0.15) is 42.5 Å². The number of ether oxygens (including phenoxy) is 1. The van der Waals surface area contributed by atoms with Crippen molar-refractivity contribution in [3.05, 3.63) is 95.8 Å². The van der Waals surface area contributed by atoms with Crippen molar-refractivity contribution >= 4 is 36.5 Å². The second-order valence-corrected chi connectivity index (χ2v) is 13.5. The topological polar surface area (TPSA) is 95.3 Å². The number of allylic oxidation sites excluding steroid dienone is 1. The number of hydrogen-bond acceptors (Lipinski definition) is 6. The normalized spacial score (nSPS) is 15.4. The Bertz CT molecular complexity index is 1700. The van der Waals surface area contributed by atoms with Gasteiger partial charge in [-0.05, 0) is 66.3 Å². The summed E-state index contributed by atoms with van der Waals surface area (Å²) in [6.07, 6.45) is 9.23. The first-order valence-electron chi connectivity index (χ1n) is 12.5. The van der Waals surface area contributed by atoms with Gasteiger partial charge in [-0.15, -0.1) is 0 Å². The zero-order chi connectivity index (χ0) is 26.9. The van der Waals surface area contributed by atoms with E-state index in [-0.39, 0.29) is 9.79 Å². The van der Waals surface area contributed by atoms with Crippen molar-refractivity contribution in [3.63, 3.8) is 0 Å². The smallest absolute Gasteiger partial charge is 0.269 e. The van der Waals surface area contributed by atoms with E-state index in [0.29, 0.717) is 29.3 Å². The SMILES string of the molecule is COCc1cnc2c(c1)cc(C(=CC1CCCC1)c1ccc(S(C)(=O)=O)cc1)n2S(=O)(=O)c1ccccc1. The highest BCUT2D eigenvalue weighted by Gasteiger charge is 2.27. The summed E-state index contributed by atoms with van der Waals surface area (Å²) in [7, 11) is -5.78. The molecule has 7 nitrogen and oxygen atoms in total. The Hall–Kier alpha value is -3.27. The van der Waals surface area contributed by atoms with Gasteiger partial charge in [0.25, 0.3) is 10.0 Å². The zero-order valence-electron chi connectivity index (χ0n) is 21.4. The molecule has 1 saturated carbocycles. The molecule has 1 aliphatic carbocycles. The first-order chi connectivity index (χ1) is 18.2. The van der Waals surface area contributed by atoms with Gasteiger partial charge in [0.15, 0.2) is 15.5 Å². The van der Waals surface area contributed by atoms with Crippen LogP contribution in [0.15, 0.2) is 88.8 Å². The van der Waals surface area contributed by atoms with Crippen LogP contribution in [0, 0.1) is 5.92 Å². The van der Waals surface area contributed by atoms with E-state index in [0.717, 1.165) is 42.4 Å². The maximum atomic E-state index is 14.1. The van der Waals surface area contributed by atoms with Crippen LogP contribution < -0.4 is 0 Å². The highest BCUT2D eigenvalue weighted by molar-refractivity contribution is 7.90. The van der Waals surface area contributed by atoms with E-state index < -0.39 is 19.9 Å². The molecule has 2 aromatic carbocycles. The van der Waals surface area contributed by atoms with Crippen LogP contribution in [-0.2, 0) is 31.2 Å². The minimum absolute atomic E-state index is 0.161. The average Bonchev–Trinajstić information content (AvgIpc) is 3.55. The van der Waals surface area contributed by atoms with Crippen molar-refractivity contribution in [1.29, 1.82) is 0 Å². The summed E-state index contributed by atoms with van der Waals surface area (Å²) in [6, 6.07) is 18.7. The van der Waals surface area contributed by atoms with E-state index in [9.17, 15) is 16.8 Å². The van der Waals surface area contributed by atoms with Gasteiger partial charge in [0.1, 0.15) is 0 Å². The second kappa shape index (κ2) is 10.5. The number of fused-ring (bicyclic) bond motifs is 1. The van der Waals surface area contributed by atoms with Crippen LogP contribution in [-0.4, -0.2) is 39.2 Å². The standard InChI is InChI=1S/C29H30N2O5S2/c1-36-20-22-16-24-18-28(31(29(24)30-19-22)38(34,35)26-10-4-3-5-11-26)27(17-21-8-6-7-9-21)23-12-14-25(15-13-23)37(2,32)33/h3-5,10-19,21H,6-9,20H2,1-2H3. The molecule has 4 aromatic rings. The quantitative estimate of drug-likeness (QED) is 0.290. The summed E-state index contributed by atoms with van der Waals surface area (Å²) < 4.78 is 59.0. The van der Waals surface area contributed by atoms with Crippen LogP contribution in [0.25, 0.3) is 16.6 Å². The van der Waals surface area contributed by atoms with Gasteiger partial charge in [0.05, 0.1) is 22.1 Å². The fourth-order valence-corrected chi connectivity index (χ4v) is 7.19. The van der Waals surface area contributed by atoms with Crippen LogP contribution in [0.3, 0.4) is 0 Å². The molecule has 0 unspecified atom stereocenters. The molecule has 0 atom stereocenters. The molecule has 0 radical (unpaired) electrons. The predicted octanol–water partition coefficient (Wildman–Crippen LogP) is 5.45. The van der Waals surface area contributed by atoms with Crippen LogP contribution in [0.4, 0.5) is 0 Å². The molecule has 0 aliphatic heterocycles. The van der Waals surface area contributed by atoms with Gasteiger partial charge in [-0.3, -0.25) is 0 Å². The molecule has 9 heteroatoms. The molecule has 198 valence electrons. The minimum atomic E-state index is -4.01. The number of methoxy groups -OCH3 is 1. The maximum absolute atomic E-state index is 14.1. The van der Waals surface area contributed by atoms with Crippen LogP contribution in [0.2, 0.25) is 0 Å². The number of hydrogen-bond donors (Lipinski definition) is 0. The fourth-order valence-electron chi connectivity index (χ4n) is 5.06. The molecular formula is C29H30N2O5S2. The van der Waals surface area contributed by atoms with Crippen molar-refractivity contribution in [2.24, 2.45) is 5.92 Å². The summed E-state index contributed by atoms with van der Waals surface area (Å²) in [6.45, 7) is 0.354. The van der Waals surface area contributed by atoms with E-state index in [1.165, 1.54) is 10.2 Å². The summed E-state index contributed by atoms with van der Waals surface area (Å²) in [5.74, 6) is 0.294. The third-order valence-corrected chi connectivity index (χ3v) is 9.77. The molecule has 5 rings (SSSR count). The lowest BCUT2D eigenvalue weighted by molar-refractivity contribution is 0.184. The Labute approximate surface area is 223 Å². The first kappa shape index (κ1) is 26.3. The molecule has 0 bridgehead atoms. The molecule has 0 amide bonds. The van der Waals surface area contributed by atoms with Crippen molar-refractivity contribution < 1.29 is 21.6 Å². The molecule has 1 aliphatic rings. The maximum Gasteiger partial charge on any atom is 0.269 e. The molecule has 0 saturated heterocycles. The van der Waals surface area contributed by atoms with Gasteiger partial charge < -0.3 is 4.74 Å². The average molecular weight is 551 g/mol. The molecule has 1 fully saturated rings. The molecule has 2 aromatic heterocycles. The Morgan fingerprint density at radius 3 is 2.29 bits per heavy atom. The van der Waals surface area contributed by atoms with Crippen molar-refractivity contribution in [2.75, 3.05) is 13.4 Å². The van der Waals surface area contributed by atoms with Gasteiger partial charge in [0, 0.05) is 30.5 Å². The Morgan fingerprint density at radius 2 is 1.66 bits per heavy atom. The zero-order valence-corrected chi connectivity index (χ0v) is 23.0. The number of sulfone groups is 1. The Balaban J connectivity index is 1.79. The summed E-state index contributed by atoms with van der Waals surface area (Å²) in [5.41, 5.74) is 3.13. The third-order valence-electron chi connectivity index (χ3n) is 6.92. The van der Waals surface area contributed by atoms with E-state index in [2.05, 4.69) is 11.1 Å². The monoisotopic (exact) mass is 550 g/mol. The lowest BCUT2D eigenvalue weighted by atomic mass is 9.96.